The number of amides is 1. The van der Waals surface area contributed by atoms with Crippen LogP contribution in [0.15, 0.2) is 29.0 Å². The number of hydrogen-bond donors (Lipinski definition) is 2. The van der Waals surface area contributed by atoms with Crippen LogP contribution in [0.1, 0.15) is 34.0 Å². The van der Waals surface area contributed by atoms with E-state index in [1.54, 1.807) is 0 Å². The summed E-state index contributed by atoms with van der Waals surface area (Å²) in [4.78, 5) is 12.3. The predicted octanol–water partition coefficient (Wildman–Crippen LogP) is 3.22. The lowest BCUT2D eigenvalue weighted by Gasteiger charge is -2.10. The molecular weight excluding hydrogens is 282 g/mol. The SMILES string of the molecule is CCc1cc(C#CCO)ccc1NC(=O)c1cscc1C. The number of aliphatic hydroxyl groups is 1. The summed E-state index contributed by atoms with van der Waals surface area (Å²) in [5.41, 5.74) is 4.38. The number of aliphatic hydroxyl groups excluding tert-OH is 1. The summed E-state index contributed by atoms with van der Waals surface area (Å²) in [6, 6.07) is 5.65. The highest BCUT2D eigenvalue weighted by atomic mass is 32.1. The molecule has 0 saturated heterocycles. The van der Waals surface area contributed by atoms with Gasteiger partial charge in [0, 0.05) is 16.6 Å². The highest BCUT2D eigenvalue weighted by Crippen LogP contribution is 2.21. The molecule has 0 atom stereocenters. The van der Waals surface area contributed by atoms with Gasteiger partial charge in [-0.15, -0.1) is 0 Å². The number of nitrogens with one attached hydrogen (secondary N) is 1. The largest absolute Gasteiger partial charge is 0.384 e. The Morgan fingerprint density at radius 3 is 2.81 bits per heavy atom. The van der Waals surface area contributed by atoms with Crippen molar-refractivity contribution in [2.24, 2.45) is 0 Å². The second-order valence-electron chi connectivity index (χ2n) is 4.61. The number of anilines is 1. The highest BCUT2D eigenvalue weighted by molar-refractivity contribution is 7.08. The van der Waals surface area contributed by atoms with Gasteiger partial charge in [-0.25, -0.2) is 0 Å². The molecule has 0 aliphatic rings. The second-order valence-corrected chi connectivity index (χ2v) is 5.35. The molecule has 1 aromatic heterocycles. The average Bonchev–Trinajstić information content (AvgIpc) is 2.92. The Bertz CT molecular complexity index is 707. The standard InChI is InChI=1S/C17H17NO2S/c1-3-14-9-13(5-4-8-19)6-7-16(14)18-17(20)15-11-21-10-12(15)2/h6-7,9-11,19H,3,8H2,1-2H3,(H,18,20). The fourth-order valence-electron chi connectivity index (χ4n) is 2.01. The van der Waals surface area contributed by atoms with E-state index in [2.05, 4.69) is 17.2 Å². The lowest BCUT2D eigenvalue weighted by atomic mass is 10.1. The van der Waals surface area contributed by atoms with Gasteiger partial charge in [0.05, 0.1) is 5.56 Å². The molecular formula is C17H17NO2S. The second kappa shape index (κ2) is 7.07. The van der Waals surface area contributed by atoms with Crippen molar-refractivity contribution in [1.29, 1.82) is 0 Å². The van der Waals surface area contributed by atoms with Crippen LogP contribution in [0.25, 0.3) is 0 Å². The molecule has 0 radical (unpaired) electrons. The van der Waals surface area contributed by atoms with E-state index in [0.29, 0.717) is 5.56 Å². The fourth-order valence-corrected chi connectivity index (χ4v) is 2.84. The summed E-state index contributed by atoms with van der Waals surface area (Å²) in [5.74, 6) is 5.42. The summed E-state index contributed by atoms with van der Waals surface area (Å²) < 4.78 is 0. The van der Waals surface area contributed by atoms with E-state index in [0.717, 1.165) is 28.8 Å². The minimum absolute atomic E-state index is 0.0855. The van der Waals surface area contributed by atoms with Crippen LogP contribution in [0.2, 0.25) is 0 Å². The molecule has 2 N–H and O–H groups in total. The van der Waals surface area contributed by atoms with Gasteiger partial charge in [-0.2, -0.15) is 11.3 Å². The molecule has 1 heterocycles. The van der Waals surface area contributed by atoms with Gasteiger partial charge >= 0.3 is 0 Å². The van der Waals surface area contributed by atoms with Gasteiger partial charge < -0.3 is 10.4 Å². The first-order valence-electron chi connectivity index (χ1n) is 6.72. The van der Waals surface area contributed by atoms with E-state index in [-0.39, 0.29) is 12.5 Å². The molecule has 0 aliphatic heterocycles. The van der Waals surface area contributed by atoms with Crippen molar-refractivity contribution in [2.75, 3.05) is 11.9 Å². The van der Waals surface area contributed by atoms with Crippen molar-refractivity contribution in [3.05, 3.63) is 51.2 Å². The molecule has 108 valence electrons. The van der Waals surface area contributed by atoms with Crippen LogP contribution in [0, 0.1) is 18.8 Å². The number of benzene rings is 1. The van der Waals surface area contributed by atoms with Crippen LogP contribution in [-0.4, -0.2) is 17.6 Å². The molecule has 1 amide bonds. The van der Waals surface area contributed by atoms with Crippen molar-refractivity contribution in [3.8, 4) is 11.8 Å². The fraction of sp³-hybridized carbons (Fsp3) is 0.235. The Balaban J connectivity index is 2.24. The molecule has 21 heavy (non-hydrogen) atoms. The molecule has 0 fully saturated rings. The molecule has 3 nitrogen and oxygen atoms in total. The predicted molar refractivity (Wildman–Crippen MR) is 86.8 cm³/mol. The number of hydrogen-bond acceptors (Lipinski definition) is 3. The Kier molecular flexibility index (Phi) is 5.15. The number of carbonyl (C=O) groups is 1. The Morgan fingerprint density at radius 2 is 2.19 bits per heavy atom. The lowest BCUT2D eigenvalue weighted by Crippen LogP contribution is -2.13. The summed E-state index contributed by atoms with van der Waals surface area (Å²) in [6.07, 6.45) is 0.798. The smallest absolute Gasteiger partial charge is 0.256 e. The summed E-state index contributed by atoms with van der Waals surface area (Å²) in [5, 5.41) is 15.5. The number of rotatable bonds is 3. The van der Waals surface area contributed by atoms with Gasteiger partial charge in [-0.05, 0) is 48.1 Å². The van der Waals surface area contributed by atoms with Crippen molar-refractivity contribution in [1.82, 2.24) is 0 Å². The third-order valence-electron chi connectivity index (χ3n) is 3.15. The third kappa shape index (κ3) is 3.72. The molecule has 2 rings (SSSR count). The first kappa shape index (κ1) is 15.3. The van der Waals surface area contributed by atoms with Gasteiger partial charge in [0.1, 0.15) is 6.61 Å². The zero-order chi connectivity index (χ0) is 15.2. The zero-order valence-electron chi connectivity index (χ0n) is 12.1. The Morgan fingerprint density at radius 1 is 1.38 bits per heavy atom. The van der Waals surface area contributed by atoms with Crippen molar-refractivity contribution < 1.29 is 9.90 Å². The number of aryl methyl sites for hydroxylation is 2. The Hall–Kier alpha value is -2.09. The average molecular weight is 299 g/mol. The van der Waals surface area contributed by atoms with Crippen LogP contribution in [0.4, 0.5) is 5.69 Å². The molecule has 2 aromatic rings. The maximum absolute atomic E-state index is 12.3. The van der Waals surface area contributed by atoms with Gasteiger partial charge in [0.2, 0.25) is 0 Å². The topological polar surface area (TPSA) is 49.3 Å². The van der Waals surface area contributed by atoms with E-state index >= 15 is 0 Å². The molecule has 0 unspecified atom stereocenters. The number of carbonyl (C=O) groups excluding carboxylic acids is 1. The van der Waals surface area contributed by atoms with Crippen molar-refractivity contribution in [3.63, 3.8) is 0 Å². The van der Waals surface area contributed by atoms with Crippen molar-refractivity contribution >= 4 is 22.9 Å². The number of thiophene rings is 1. The monoisotopic (exact) mass is 299 g/mol. The van der Waals surface area contributed by atoms with Crippen LogP contribution >= 0.6 is 11.3 Å². The minimum atomic E-state index is -0.155. The van der Waals surface area contributed by atoms with E-state index in [9.17, 15) is 4.79 Å². The van der Waals surface area contributed by atoms with Crippen LogP contribution in [-0.2, 0) is 6.42 Å². The molecule has 4 heteroatoms. The molecule has 0 aliphatic carbocycles. The van der Waals surface area contributed by atoms with Gasteiger partial charge in [-0.3, -0.25) is 4.79 Å². The van der Waals surface area contributed by atoms with E-state index < -0.39 is 0 Å². The van der Waals surface area contributed by atoms with E-state index in [1.165, 1.54) is 11.3 Å². The first-order valence-corrected chi connectivity index (χ1v) is 7.66. The third-order valence-corrected chi connectivity index (χ3v) is 4.01. The highest BCUT2D eigenvalue weighted by Gasteiger charge is 2.11. The normalized spacial score (nSPS) is 9.86. The summed E-state index contributed by atoms with van der Waals surface area (Å²) in [7, 11) is 0. The Labute approximate surface area is 128 Å². The first-order chi connectivity index (χ1) is 10.2. The van der Waals surface area contributed by atoms with Crippen molar-refractivity contribution in [2.45, 2.75) is 20.3 Å². The van der Waals surface area contributed by atoms with Gasteiger partial charge in [-0.1, -0.05) is 18.8 Å². The lowest BCUT2D eigenvalue weighted by molar-refractivity contribution is 0.102. The summed E-state index contributed by atoms with van der Waals surface area (Å²) >= 11 is 1.52. The molecule has 0 saturated carbocycles. The molecule has 1 aromatic carbocycles. The molecule has 0 bridgehead atoms. The van der Waals surface area contributed by atoms with Crippen LogP contribution in [0.5, 0.6) is 0 Å². The summed E-state index contributed by atoms with van der Waals surface area (Å²) in [6.45, 7) is 3.81. The van der Waals surface area contributed by atoms with E-state index in [4.69, 9.17) is 5.11 Å². The maximum atomic E-state index is 12.3. The van der Waals surface area contributed by atoms with Gasteiger partial charge in [0.15, 0.2) is 0 Å². The van der Waals surface area contributed by atoms with E-state index in [1.807, 2.05) is 42.8 Å². The quantitative estimate of drug-likeness (QED) is 0.855. The molecule has 0 spiro atoms. The minimum Gasteiger partial charge on any atom is -0.384 e. The maximum Gasteiger partial charge on any atom is 0.256 e. The van der Waals surface area contributed by atoms with Crippen LogP contribution < -0.4 is 5.32 Å². The zero-order valence-corrected chi connectivity index (χ0v) is 12.9. The van der Waals surface area contributed by atoms with Crippen LogP contribution in [0.3, 0.4) is 0 Å². The van der Waals surface area contributed by atoms with Gasteiger partial charge in [0.25, 0.3) is 5.91 Å².